The number of hydrogen-bond donors (Lipinski definition) is 1. The van der Waals surface area contributed by atoms with Gasteiger partial charge in [-0.3, -0.25) is 14.6 Å². The van der Waals surface area contributed by atoms with Gasteiger partial charge in [-0.1, -0.05) is 12.8 Å². The van der Waals surface area contributed by atoms with E-state index in [-0.39, 0.29) is 5.91 Å². The van der Waals surface area contributed by atoms with Crippen molar-refractivity contribution in [1.29, 1.82) is 0 Å². The van der Waals surface area contributed by atoms with Gasteiger partial charge >= 0.3 is 0 Å². The highest BCUT2D eigenvalue weighted by atomic mass is 16.1. The van der Waals surface area contributed by atoms with E-state index in [9.17, 15) is 9.59 Å². The van der Waals surface area contributed by atoms with Crippen molar-refractivity contribution in [3.05, 3.63) is 24.0 Å². The summed E-state index contributed by atoms with van der Waals surface area (Å²) >= 11 is 0. The highest BCUT2D eigenvalue weighted by Crippen LogP contribution is 2.20. The quantitative estimate of drug-likeness (QED) is 0.844. The molecule has 1 aromatic rings. The van der Waals surface area contributed by atoms with E-state index in [1.807, 2.05) is 6.07 Å². The van der Waals surface area contributed by atoms with Gasteiger partial charge in [-0.05, 0) is 18.9 Å². The van der Waals surface area contributed by atoms with Crippen LogP contribution in [0, 0.1) is 0 Å². The lowest BCUT2D eigenvalue weighted by atomic mass is 10.2. The van der Waals surface area contributed by atoms with Gasteiger partial charge in [0, 0.05) is 38.4 Å². The van der Waals surface area contributed by atoms with Gasteiger partial charge in [0.25, 0.3) is 5.91 Å². The number of anilines is 1. The maximum absolute atomic E-state index is 12.3. The van der Waals surface area contributed by atoms with Crippen LogP contribution in [0.15, 0.2) is 18.5 Å². The van der Waals surface area contributed by atoms with Gasteiger partial charge < -0.3 is 15.1 Å². The summed E-state index contributed by atoms with van der Waals surface area (Å²) < 4.78 is 0. The van der Waals surface area contributed by atoms with E-state index in [1.54, 1.807) is 17.3 Å². The first-order valence-electron chi connectivity index (χ1n) is 7.96. The van der Waals surface area contributed by atoms with E-state index in [0.717, 1.165) is 38.0 Å². The first kappa shape index (κ1) is 14.8. The minimum absolute atomic E-state index is 0.0345. The van der Waals surface area contributed by atoms with Crippen molar-refractivity contribution in [3.8, 4) is 0 Å². The summed E-state index contributed by atoms with van der Waals surface area (Å²) in [7, 11) is 0. The zero-order chi connectivity index (χ0) is 15.4. The Balaban J connectivity index is 1.64. The van der Waals surface area contributed by atoms with Crippen LogP contribution in [-0.2, 0) is 4.79 Å². The second-order valence-corrected chi connectivity index (χ2v) is 6.02. The normalized spacial score (nSPS) is 19.3. The molecule has 2 fully saturated rings. The fourth-order valence-corrected chi connectivity index (χ4v) is 3.15. The predicted molar refractivity (Wildman–Crippen MR) is 83.8 cm³/mol. The van der Waals surface area contributed by atoms with Crippen molar-refractivity contribution in [2.45, 2.75) is 31.7 Å². The molecule has 1 aliphatic carbocycles. The Morgan fingerprint density at radius 2 is 1.91 bits per heavy atom. The smallest absolute Gasteiger partial charge is 0.253 e. The highest BCUT2D eigenvalue weighted by Gasteiger charge is 2.20. The molecule has 1 saturated carbocycles. The SMILES string of the molecule is O=CN1CCN(c2cncc(C(=O)NC3CCCC3)c2)CC1. The zero-order valence-electron chi connectivity index (χ0n) is 12.7. The Morgan fingerprint density at radius 3 is 2.59 bits per heavy atom. The standard InChI is InChI=1S/C16H22N4O2/c21-12-19-5-7-20(8-6-19)15-9-13(10-17-11-15)16(22)18-14-3-1-2-4-14/h9-12,14H,1-8H2,(H,18,22). The monoisotopic (exact) mass is 302 g/mol. The van der Waals surface area contributed by atoms with E-state index < -0.39 is 0 Å². The van der Waals surface area contributed by atoms with Gasteiger partial charge in [-0.2, -0.15) is 0 Å². The second-order valence-electron chi connectivity index (χ2n) is 6.02. The fraction of sp³-hybridized carbons (Fsp3) is 0.562. The van der Waals surface area contributed by atoms with Gasteiger partial charge in [-0.25, -0.2) is 0 Å². The summed E-state index contributed by atoms with van der Waals surface area (Å²) in [4.78, 5) is 31.2. The molecule has 1 aromatic heterocycles. The first-order chi connectivity index (χ1) is 10.8. The van der Waals surface area contributed by atoms with Crippen LogP contribution in [0.25, 0.3) is 0 Å². The van der Waals surface area contributed by atoms with E-state index in [2.05, 4.69) is 15.2 Å². The highest BCUT2D eigenvalue weighted by molar-refractivity contribution is 5.95. The molecule has 2 aliphatic rings. The largest absolute Gasteiger partial charge is 0.367 e. The molecule has 6 nitrogen and oxygen atoms in total. The zero-order valence-corrected chi connectivity index (χ0v) is 12.7. The molecular formula is C16H22N4O2. The number of hydrogen-bond acceptors (Lipinski definition) is 4. The third kappa shape index (κ3) is 3.37. The number of piperazine rings is 1. The van der Waals surface area contributed by atoms with Crippen molar-refractivity contribution in [2.75, 3.05) is 31.1 Å². The Bertz CT molecular complexity index is 535. The van der Waals surface area contributed by atoms with Gasteiger partial charge in [-0.15, -0.1) is 0 Å². The molecular weight excluding hydrogens is 280 g/mol. The second kappa shape index (κ2) is 6.77. The third-order valence-electron chi connectivity index (χ3n) is 4.50. The number of nitrogens with one attached hydrogen (secondary N) is 1. The van der Waals surface area contributed by atoms with Crippen molar-refractivity contribution in [2.24, 2.45) is 0 Å². The molecule has 1 saturated heterocycles. The van der Waals surface area contributed by atoms with Gasteiger partial charge in [0.15, 0.2) is 0 Å². The molecule has 3 rings (SSSR count). The first-order valence-corrected chi connectivity index (χ1v) is 7.96. The maximum atomic E-state index is 12.3. The van der Waals surface area contributed by atoms with Crippen LogP contribution in [0.1, 0.15) is 36.0 Å². The average molecular weight is 302 g/mol. The molecule has 2 heterocycles. The molecule has 0 bridgehead atoms. The van der Waals surface area contributed by atoms with Gasteiger partial charge in [0.1, 0.15) is 0 Å². The number of aromatic nitrogens is 1. The minimum atomic E-state index is -0.0345. The predicted octanol–water partition coefficient (Wildman–Crippen LogP) is 1.03. The fourth-order valence-electron chi connectivity index (χ4n) is 3.15. The van der Waals surface area contributed by atoms with Crippen molar-refractivity contribution >= 4 is 18.0 Å². The number of carbonyl (C=O) groups is 2. The Morgan fingerprint density at radius 1 is 1.18 bits per heavy atom. The summed E-state index contributed by atoms with van der Waals surface area (Å²) in [5.74, 6) is -0.0345. The summed E-state index contributed by atoms with van der Waals surface area (Å²) in [5, 5.41) is 3.09. The topological polar surface area (TPSA) is 65.5 Å². The minimum Gasteiger partial charge on any atom is -0.367 e. The molecule has 1 aliphatic heterocycles. The Hall–Kier alpha value is -2.11. The van der Waals surface area contributed by atoms with Crippen LogP contribution in [-0.4, -0.2) is 54.4 Å². The van der Waals surface area contributed by atoms with Gasteiger partial charge in [0.05, 0.1) is 17.4 Å². The summed E-state index contributed by atoms with van der Waals surface area (Å²) in [6.07, 6.45) is 8.84. The van der Waals surface area contributed by atoms with Crippen LogP contribution in [0.5, 0.6) is 0 Å². The number of nitrogens with zero attached hydrogens (tertiary/aromatic N) is 3. The Labute approximate surface area is 130 Å². The van der Waals surface area contributed by atoms with Crippen LogP contribution in [0.2, 0.25) is 0 Å². The summed E-state index contributed by atoms with van der Waals surface area (Å²) in [6, 6.07) is 2.21. The number of amides is 2. The molecule has 0 atom stereocenters. The number of carbonyl (C=O) groups excluding carboxylic acids is 2. The summed E-state index contributed by atoms with van der Waals surface area (Å²) in [6.45, 7) is 2.96. The van der Waals surface area contributed by atoms with Crippen LogP contribution in [0.4, 0.5) is 5.69 Å². The summed E-state index contributed by atoms with van der Waals surface area (Å²) in [5.41, 5.74) is 1.56. The molecule has 118 valence electrons. The van der Waals surface area contributed by atoms with Crippen molar-refractivity contribution in [3.63, 3.8) is 0 Å². The molecule has 6 heteroatoms. The van der Waals surface area contributed by atoms with E-state index in [0.29, 0.717) is 24.7 Å². The van der Waals surface area contributed by atoms with Crippen LogP contribution in [0.3, 0.4) is 0 Å². The van der Waals surface area contributed by atoms with Crippen molar-refractivity contribution < 1.29 is 9.59 Å². The van der Waals surface area contributed by atoms with Crippen LogP contribution < -0.4 is 10.2 Å². The average Bonchev–Trinajstić information content (AvgIpc) is 3.08. The van der Waals surface area contributed by atoms with E-state index >= 15 is 0 Å². The molecule has 0 spiro atoms. The lowest BCUT2D eigenvalue weighted by molar-refractivity contribution is -0.118. The molecule has 1 N–H and O–H groups in total. The van der Waals surface area contributed by atoms with Crippen molar-refractivity contribution in [1.82, 2.24) is 15.2 Å². The molecule has 0 unspecified atom stereocenters. The van der Waals surface area contributed by atoms with E-state index in [4.69, 9.17) is 0 Å². The number of rotatable bonds is 4. The molecule has 2 amide bonds. The maximum Gasteiger partial charge on any atom is 0.253 e. The lowest BCUT2D eigenvalue weighted by Crippen LogP contribution is -2.45. The third-order valence-corrected chi connectivity index (χ3v) is 4.50. The lowest BCUT2D eigenvalue weighted by Gasteiger charge is -2.34. The van der Waals surface area contributed by atoms with Gasteiger partial charge in [0.2, 0.25) is 6.41 Å². The molecule has 0 aromatic carbocycles. The van der Waals surface area contributed by atoms with Crippen LogP contribution >= 0.6 is 0 Å². The Kier molecular flexibility index (Phi) is 4.56. The number of pyridine rings is 1. The van der Waals surface area contributed by atoms with E-state index in [1.165, 1.54) is 12.8 Å². The molecule has 22 heavy (non-hydrogen) atoms. The molecule has 0 radical (unpaired) electrons.